The van der Waals surface area contributed by atoms with Crippen molar-refractivity contribution in [2.75, 3.05) is 24.2 Å². The van der Waals surface area contributed by atoms with Crippen LogP contribution in [0.3, 0.4) is 0 Å². The molecule has 1 rings (SSSR count). The summed E-state index contributed by atoms with van der Waals surface area (Å²) in [6, 6.07) is 0. The van der Waals surface area contributed by atoms with E-state index in [1.807, 2.05) is 0 Å². The van der Waals surface area contributed by atoms with Crippen LogP contribution in [0.25, 0.3) is 0 Å². The summed E-state index contributed by atoms with van der Waals surface area (Å²) in [6.07, 6.45) is 1.42. The Kier molecular flexibility index (Phi) is 4.23. The van der Waals surface area contributed by atoms with Gasteiger partial charge in [-0.15, -0.1) is 0 Å². The fraction of sp³-hybridized carbons (Fsp3) is 0.667. The van der Waals surface area contributed by atoms with Gasteiger partial charge in [-0.05, 0) is 0 Å². The Morgan fingerprint density at radius 3 is 2.93 bits per heavy atom. The Morgan fingerprint density at radius 2 is 2.36 bits per heavy atom. The van der Waals surface area contributed by atoms with E-state index in [1.54, 1.807) is 6.92 Å². The summed E-state index contributed by atoms with van der Waals surface area (Å²) in [5.41, 5.74) is 0. The van der Waals surface area contributed by atoms with E-state index in [1.165, 1.54) is 17.9 Å². The number of nitrogens with zero attached hydrogens (tertiary/aromatic N) is 2. The Labute approximate surface area is 87.0 Å². The number of rotatable bonds is 6. The predicted molar refractivity (Wildman–Crippen MR) is 55.9 cm³/mol. The number of hydrogen-bond acceptors (Lipinski definition) is 6. The van der Waals surface area contributed by atoms with Gasteiger partial charge in [-0.2, -0.15) is 4.37 Å². The molecule has 0 aliphatic heterocycles. The van der Waals surface area contributed by atoms with E-state index in [2.05, 4.69) is 19.4 Å². The maximum absolute atomic E-state index is 11.2. The van der Waals surface area contributed by atoms with Crippen molar-refractivity contribution in [2.24, 2.45) is 0 Å². The minimum absolute atomic E-state index is 0.0421. The van der Waals surface area contributed by atoms with Crippen molar-refractivity contribution in [1.29, 1.82) is 0 Å². The molecule has 1 aromatic rings. The Balaban J connectivity index is 2.28. The van der Waals surface area contributed by atoms with Crippen LogP contribution >= 0.6 is 11.5 Å². The first-order chi connectivity index (χ1) is 6.64. The molecule has 0 radical (unpaired) electrons. The van der Waals surface area contributed by atoms with Gasteiger partial charge in [0.2, 0.25) is 15.2 Å². The smallest absolute Gasteiger partial charge is 0.213 e. The summed E-state index contributed by atoms with van der Waals surface area (Å²) in [7, 11) is -3.14. The van der Waals surface area contributed by atoms with Crippen LogP contribution in [0.4, 0.5) is 5.13 Å². The standard InChI is InChI=1S/C6H12N4O2S2/c1-2-10-14(11,12)4-3-7-6-8-5-9-13-6/h5,10H,2-4H2,1H3,(H,7,8,9). The molecular weight excluding hydrogens is 224 g/mol. The van der Waals surface area contributed by atoms with Crippen molar-refractivity contribution < 1.29 is 8.42 Å². The third-order valence-corrected chi connectivity index (χ3v) is 3.47. The van der Waals surface area contributed by atoms with Crippen LogP contribution in [0, 0.1) is 0 Å². The fourth-order valence-corrected chi connectivity index (χ4v) is 2.25. The second-order valence-electron chi connectivity index (χ2n) is 2.49. The molecule has 14 heavy (non-hydrogen) atoms. The third kappa shape index (κ3) is 3.99. The molecule has 0 atom stereocenters. The Hall–Kier alpha value is -0.730. The van der Waals surface area contributed by atoms with Gasteiger partial charge < -0.3 is 5.32 Å². The number of hydrogen-bond donors (Lipinski definition) is 2. The molecule has 0 bridgehead atoms. The van der Waals surface area contributed by atoms with E-state index in [9.17, 15) is 8.42 Å². The highest BCUT2D eigenvalue weighted by molar-refractivity contribution is 7.89. The fourth-order valence-electron chi connectivity index (χ4n) is 0.835. The molecule has 0 spiro atoms. The average Bonchev–Trinajstić information content (AvgIpc) is 2.56. The van der Waals surface area contributed by atoms with Gasteiger partial charge in [0, 0.05) is 24.6 Å². The van der Waals surface area contributed by atoms with Crippen LogP contribution in [0.5, 0.6) is 0 Å². The van der Waals surface area contributed by atoms with Gasteiger partial charge in [-0.25, -0.2) is 18.1 Å². The predicted octanol–water partition coefficient (Wildman–Crippen LogP) is -0.111. The van der Waals surface area contributed by atoms with Crippen molar-refractivity contribution >= 4 is 26.7 Å². The largest absolute Gasteiger partial charge is 0.359 e. The molecular formula is C6H12N4O2S2. The first kappa shape index (κ1) is 11.3. The maximum atomic E-state index is 11.2. The van der Waals surface area contributed by atoms with Crippen molar-refractivity contribution in [3.63, 3.8) is 0 Å². The lowest BCUT2D eigenvalue weighted by molar-refractivity contribution is 0.584. The summed E-state index contributed by atoms with van der Waals surface area (Å²) in [4.78, 5) is 3.86. The van der Waals surface area contributed by atoms with Gasteiger partial charge in [0.05, 0.1) is 5.75 Å². The summed E-state index contributed by atoms with van der Waals surface area (Å²) in [5.74, 6) is 0.0421. The van der Waals surface area contributed by atoms with Gasteiger partial charge in [-0.3, -0.25) is 0 Å². The summed E-state index contributed by atoms with van der Waals surface area (Å²) in [5, 5.41) is 3.50. The zero-order valence-corrected chi connectivity index (χ0v) is 9.36. The first-order valence-electron chi connectivity index (χ1n) is 4.12. The Bertz CT molecular complexity index is 348. The van der Waals surface area contributed by atoms with Crippen molar-refractivity contribution in [3.8, 4) is 0 Å². The number of anilines is 1. The second kappa shape index (κ2) is 5.23. The van der Waals surface area contributed by atoms with E-state index < -0.39 is 10.0 Å². The highest BCUT2D eigenvalue weighted by Crippen LogP contribution is 2.05. The molecule has 0 aromatic carbocycles. The van der Waals surface area contributed by atoms with Crippen molar-refractivity contribution in [3.05, 3.63) is 6.33 Å². The van der Waals surface area contributed by atoms with E-state index in [-0.39, 0.29) is 5.75 Å². The molecule has 2 N–H and O–H groups in total. The molecule has 0 unspecified atom stereocenters. The maximum Gasteiger partial charge on any atom is 0.213 e. The van der Waals surface area contributed by atoms with E-state index in [0.717, 1.165) is 0 Å². The molecule has 1 heterocycles. The molecule has 0 aliphatic carbocycles. The van der Waals surface area contributed by atoms with Crippen LogP contribution in [0.2, 0.25) is 0 Å². The zero-order chi connectivity index (χ0) is 10.4. The van der Waals surface area contributed by atoms with E-state index in [4.69, 9.17) is 0 Å². The van der Waals surface area contributed by atoms with Gasteiger partial charge in [0.15, 0.2) is 0 Å². The van der Waals surface area contributed by atoms with E-state index >= 15 is 0 Å². The summed E-state index contributed by atoms with van der Waals surface area (Å²) < 4.78 is 28.5. The van der Waals surface area contributed by atoms with Crippen LogP contribution in [-0.2, 0) is 10.0 Å². The molecule has 8 heteroatoms. The molecule has 1 aromatic heterocycles. The highest BCUT2D eigenvalue weighted by Gasteiger charge is 2.07. The minimum atomic E-state index is -3.14. The summed E-state index contributed by atoms with van der Waals surface area (Å²) >= 11 is 1.20. The normalized spacial score (nSPS) is 11.5. The van der Waals surface area contributed by atoms with Crippen LogP contribution in [0.15, 0.2) is 6.33 Å². The lowest BCUT2D eigenvalue weighted by Gasteiger charge is -2.04. The third-order valence-electron chi connectivity index (χ3n) is 1.37. The molecule has 0 fully saturated rings. The molecule has 6 nitrogen and oxygen atoms in total. The van der Waals surface area contributed by atoms with Gasteiger partial charge >= 0.3 is 0 Å². The topological polar surface area (TPSA) is 84.0 Å². The lowest BCUT2D eigenvalue weighted by Crippen LogP contribution is -2.29. The number of nitrogens with one attached hydrogen (secondary N) is 2. The van der Waals surface area contributed by atoms with E-state index in [0.29, 0.717) is 18.2 Å². The van der Waals surface area contributed by atoms with Crippen LogP contribution in [-0.4, -0.2) is 36.6 Å². The quantitative estimate of drug-likeness (QED) is 0.720. The lowest BCUT2D eigenvalue weighted by atomic mass is 10.7. The Morgan fingerprint density at radius 1 is 1.57 bits per heavy atom. The minimum Gasteiger partial charge on any atom is -0.359 e. The highest BCUT2D eigenvalue weighted by atomic mass is 32.2. The molecule has 0 aliphatic rings. The van der Waals surface area contributed by atoms with Gasteiger partial charge in [-0.1, -0.05) is 6.92 Å². The number of sulfonamides is 1. The zero-order valence-electron chi connectivity index (χ0n) is 7.73. The summed E-state index contributed by atoms with van der Waals surface area (Å²) in [6.45, 7) is 2.50. The molecule has 0 saturated heterocycles. The number of aromatic nitrogens is 2. The van der Waals surface area contributed by atoms with Crippen LogP contribution in [0.1, 0.15) is 6.92 Å². The monoisotopic (exact) mass is 236 g/mol. The van der Waals surface area contributed by atoms with Gasteiger partial charge in [0.25, 0.3) is 0 Å². The first-order valence-corrected chi connectivity index (χ1v) is 6.54. The van der Waals surface area contributed by atoms with Crippen LogP contribution < -0.4 is 10.0 Å². The van der Waals surface area contributed by atoms with Crippen molar-refractivity contribution in [1.82, 2.24) is 14.1 Å². The van der Waals surface area contributed by atoms with Gasteiger partial charge in [0.1, 0.15) is 6.33 Å². The average molecular weight is 236 g/mol. The molecule has 0 saturated carbocycles. The van der Waals surface area contributed by atoms with Crippen molar-refractivity contribution in [2.45, 2.75) is 6.92 Å². The second-order valence-corrected chi connectivity index (χ2v) is 5.20. The molecule has 0 amide bonds. The SMILES string of the molecule is CCNS(=O)(=O)CCNc1ncns1. The molecule has 80 valence electrons.